The van der Waals surface area contributed by atoms with E-state index < -0.39 is 0 Å². The lowest BCUT2D eigenvalue weighted by atomic mass is 10.1. The molecule has 0 aliphatic heterocycles. The second kappa shape index (κ2) is 10.3. The molecule has 146 valence electrons. The molecule has 0 heterocycles. The summed E-state index contributed by atoms with van der Waals surface area (Å²) in [5.74, 6) is 0.258. The minimum Gasteiger partial charge on any atom is -0.370 e. The number of anilines is 1. The van der Waals surface area contributed by atoms with Gasteiger partial charge in [0.15, 0.2) is 5.96 Å². The fourth-order valence-corrected chi connectivity index (χ4v) is 2.46. The summed E-state index contributed by atoms with van der Waals surface area (Å²) in [4.78, 5) is 16.6. The molecule has 0 saturated carbocycles. The molecule has 27 heavy (non-hydrogen) atoms. The van der Waals surface area contributed by atoms with Crippen molar-refractivity contribution in [3.05, 3.63) is 65.2 Å². The Labute approximate surface area is 178 Å². The minimum atomic E-state index is -0.271. The van der Waals surface area contributed by atoms with Gasteiger partial charge in [0.25, 0.3) is 5.91 Å². The van der Waals surface area contributed by atoms with Crippen LogP contribution < -0.4 is 16.4 Å². The van der Waals surface area contributed by atoms with Crippen molar-refractivity contribution in [1.29, 1.82) is 0 Å². The third-order valence-corrected chi connectivity index (χ3v) is 3.72. The highest BCUT2D eigenvalue weighted by atomic mass is 127. The van der Waals surface area contributed by atoms with Crippen molar-refractivity contribution in [3.8, 4) is 0 Å². The summed E-state index contributed by atoms with van der Waals surface area (Å²) in [7, 11) is 0. The van der Waals surface area contributed by atoms with Gasteiger partial charge in [0.2, 0.25) is 0 Å². The Morgan fingerprint density at radius 2 is 1.74 bits per heavy atom. The van der Waals surface area contributed by atoms with Crippen LogP contribution in [0.1, 0.15) is 49.2 Å². The number of hydrogen-bond donors (Lipinski definition) is 3. The Hall–Kier alpha value is -2.09. The zero-order chi connectivity index (χ0) is 19.2. The quantitative estimate of drug-likeness (QED) is 0.339. The van der Waals surface area contributed by atoms with Crippen molar-refractivity contribution in [2.75, 3.05) is 5.32 Å². The fraction of sp³-hybridized carbons (Fsp3) is 0.333. The van der Waals surface area contributed by atoms with E-state index in [2.05, 4.69) is 34.7 Å². The van der Waals surface area contributed by atoms with Gasteiger partial charge in [-0.2, -0.15) is 0 Å². The Morgan fingerprint density at radius 3 is 2.41 bits per heavy atom. The molecule has 5 nitrogen and oxygen atoms in total. The first-order chi connectivity index (χ1) is 12.3. The largest absolute Gasteiger partial charge is 0.370 e. The molecule has 2 aromatic rings. The molecule has 0 spiro atoms. The summed E-state index contributed by atoms with van der Waals surface area (Å²) in [6.45, 7) is 8.39. The van der Waals surface area contributed by atoms with Gasteiger partial charge in [-0.1, -0.05) is 31.2 Å². The summed E-state index contributed by atoms with van der Waals surface area (Å²) in [5.41, 5.74) is 9.42. The van der Waals surface area contributed by atoms with Crippen LogP contribution in [0.5, 0.6) is 0 Å². The predicted molar refractivity (Wildman–Crippen MR) is 124 cm³/mol. The van der Waals surface area contributed by atoms with Crippen LogP contribution in [0.4, 0.5) is 5.69 Å². The number of guanidine groups is 1. The van der Waals surface area contributed by atoms with Gasteiger partial charge in [-0.25, -0.2) is 4.99 Å². The van der Waals surface area contributed by atoms with E-state index >= 15 is 0 Å². The van der Waals surface area contributed by atoms with Crippen LogP contribution in [0.25, 0.3) is 0 Å². The number of benzene rings is 2. The number of halogens is 1. The summed E-state index contributed by atoms with van der Waals surface area (Å²) in [6.07, 6.45) is 0.968. The van der Waals surface area contributed by atoms with Crippen LogP contribution in [-0.4, -0.2) is 17.4 Å². The van der Waals surface area contributed by atoms with Crippen molar-refractivity contribution < 1.29 is 4.79 Å². The second-order valence-electron chi connectivity index (χ2n) is 7.28. The van der Waals surface area contributed by atoms with Crippen molar-refractivity contribution in [1.82, 2.24) is 5.32 Å². The van der Waals surface area contributed by atoms with Gasteiger partial charge in [0.05, 0.1) is 6.54 Å². The van der Waals surface area contributed by atoms with Crippen molar-refractivity contribution >= 4 is 41.5 Å². The SMILES string of the molecule is CCc1cccc(NC(N)=NCc2cccc(C(=O)NC(C)(C)C)c2)c1.I. The summed E-state index contributed by atoms with van der Waals surface area (Å²) in [6, 6.07) is 15.5. The minimum absolute atomic E-state index is 0. The predicted octanol–water partition coefficient (Wildman–Crippen LogP) is 4.32. The molecule has 0 atom stereocenters. The molecule has 0 saturated heterocycles. The molecule has 0 radical (unpaired) electrons. The molecule has 0 aliphatic carbocycles. The van der Waals surface area contributed by atoms with E-state index in [0.717, 1.165) is 17.7 Å². The molecular weight excluding hydrogens is 451 g/mol. The standard InChI is InChI=1S/C21H28N4O.HI/c1-5-15-8-7-11-18(13-15)24-20(22)23-14-16-9-6-10-17(12-16)19(26)25-21(2,3)4;/h6-13H,5,14H2,1-4H3,(H,25,26)(H3,22,23,24);1H. The molecule has 0 bridgehead atoms. The average Bonchev–Trinajstić information content (AvgIpc) is 2.59. The Kier molecular flexibility index (Phi) is 8.75. The van der Waals surface area contributed by atoms with E-state index in [9.17, 15) is 4.79 Å². The summed E-state index contributed by atoms with van der Waals surface area (Å²) < 4.78 is 0. The van der Waals surface area contributed by atoms with Crippen molar-refractivity contribution in [2.45, 2.75) is 46.2 Å². The van der Waals surface area contributed by atoms with Gasteiger partial charge in [0, 0.05) is 16.8 Å². The first-order valence-corrected chi connectivity index (χ1v) is 8.84. The topological polar surface area (TPSA) is 79.5 Å². The van der Waals surface area contributed by atoms with Crippen molar-refractivity contribution in [3.63, 3.8) is 0 Å². The molecule has 2 rings (SSSR count). The molecule has 0 aliphatic rings. The second-order valence-corrected chi connectivity index (χ2v) is 7.28. The zero-order valence-corrected chi connectivity index (χ0v) is 18.7. The lowest BCUT2D eigenvalue weighted by Gasteiger charge is -2.20. The zero-order valence-electron chi connectivity index (χ0n) is 16.4. The number of aryl methyl sites for hydroxylation is 1. The van der Waals surface area contributed by atoms with Gasteiger partial charge in [-0.05, 0) is 62.6 Å². The Morgan fingerprint density at radius 1 is 1.07 bits per heavy atom. The van der Waals surface area contributed by atoms with E-state index in [4.69, 9.17) is 5.73 Å². The summed E-state index contributed by atoms with van der Waals surface area (Å²) >= 11 is 0. The molecule has 0 unspecified atom stereocenters. The molecular formula is C21H29IN4O. The highest BCUT2D eigenvalue weighted by Gasteiger charge is 2.15. The molecule has 0 aromatic heterocycles. The van der Waals surface area contributed by atoms with Crippen LogP contribution in [0.2, 0.25) is 0 Å². The maximum absolute atomic E-state index is 12.3. The van der Waals surface area contributed by atoms with Crippen LogP contribution in [-0.2, 0) is 13.0 Å². The Balaban J connectivity index is 0.00000364. The summed E-state index contributed by atoms with van der Waals surface area (Å²) in [5, 5.41) is 6.06. The molecule has 1 amide bonds. The van der Waals surface area contributed by atoms with E-state index in [0.29, 0.717) is 18.1 Å². The number of nitrogens with zero attached hydrogens (tertiary/aromatic N) is 1. The lowest BCUT2D eigenvalue weighted by Crippen LogP contribution is -2.40. The average molecular weight is 480 g/mol. The lowest BCUT2D eigenvalue weighted by molar-refractivity contribution is 0.0919. The van der Waals surface area contributed by atoms with E-state index in [-0.39, 0.29) is 35.4 Å². The molecule has 6 heteroatoms. The molecule has 4 N–H and O–H groups in total. The first-order valence-electron chi connectivity index (χ1n) is 8.84. The van der Waals surface area contributed by atoms with E-state index in [1.54, 1.807) is 6.07 Å². The first kappa shape index (κ1) is 23.0. The maximum Gasteiger partial charge on any atom is 0.251 e. The third kappa shape index (κ3) is 7.99. The third-order valence-electron chi connectivity index (χ3n) is 3.72. The van der Waals surface area contributed by atoms with E-state index in [1.807, 2.05) is 51.1 Å². The number of amides is 1. The number of aliphatic imine (C=N–C) groups is 1. The number of rotatable bonds is 5. The number of hydrogen-bond acceptors (Lipinski definition) is 2. The van der Waals surface area contributed by atoms with Crippen LogP contribution in [0, 0.1) is 0 Å². The van der Waals surface area contributed by atoms with Gasteiger partial charge in [-0.15, -0.1) is 24.0 Å². The molecule has 2 aromatic carbocycles. The maximum atomic E-state index is 12.3. The highest BCUT2D eigenvalue weighted by Crippen LogP contribution is 2.12. The normalized spacial score (nSPS) is 11.5. The number of nitrogens with one attached hydrogen (secondary N) is 2. The highest BCUT2D eigenvalue weighted by molar-refractivity contribution is 14.0. The van der Waals surface area contributed by atoms with Crippen LogP contribution in [0.3, 0.4) is 0 Å². The van der Waals surface area contributed by atoms with Crippen molar-refractivity contribution in [2.24, 2.45) is 10.7 Å². The number of nitrogens with two attached hydrogens (primary N) is 1. The van der Waals surface area contributed by atoms with Gasteiger partial charge >= 0.3 is 0 Å². The smallest absolute Gasteiger partial charge is 0.251 e. The molecule has 0 fully saturated rings. The van der Waals surface area contributed by atoms with Crippen LogP contribution >= 0.6 is 24.0 Å². The van der Waals surface area contributed by atoms with Gasteiger partial charge in [-0.3, -0.25) is 4.79 Å². The van der Waals surface area contributed by atoms with Gasteiger partial charge in [0.1, 0.15) is 0 Å². The Bertz CT molecular complexity index is 797. The number of carbonyl (C=O) groups is 1. The van der Waals surface area contributed by atoms with Gasteiger partial charge < -0.3 is 16.4 Å². The fourth-order valence-electron chi connectivity index (χ4n) is 2.46. The number of carbonyl (C=O) groups excluding carboxylic acids is 1. The van der Waals surface area contributed by atoms with Crippen LogP contribution in [0.15, 0.2) is 53.5 Å². The monoisotopic (exact) mass is 480 g/mol. The van der Waals surface area contributed by atoms with E-state index in [1.165, 1.54) is 5.56 Å².